The topological polar surface area (TPSA) is 60.2 Å². The second kappa shape index (κ2) is 5.50. The number of nitrogens with two attached hydrogens (primary N) is 1. The lowest BCUT2D eigenvalue weighted by Gasteiger charge is -2.11. The van der Waals surface area contributed by atoms with Crippen molar-refractivity contribution in [2.24, 2.45) is 0 Å². The number of para-hydroxylation sites is 1. The number of nitrogen functional groups attached to an aromatic ring is 1. The van der Waals surface area contributed by atoms with E-state index >= 15 is 0 Å². The van der Waals surface area contributed by atoms with Gasteiger partial charge in [0.2, 0.25) is 0 Å². The third-order valence-electron chi connectivity index (χ3n) is 2.63. The Labute approximate surface area is 101 Å². The Bertz CT molecular complexity index is 499. The summed E-state index contributed by atoms with van der Waals surface area (Å²) in [5.41, 5.74) is 8.55. The van der Waals surface area contributed by atoms with E-state index in [1.165, 1.54) is 0 Å². The summed E-state index contributed by atoms with van der Waals surface area (Å²) in [4.78, 5) is 4.30. The number of benzene rings is 1. The van der Waals surface area contributed by atoms with Crippen molar-refractivity contribution in [2.45, 2.75) is 6.42 Å². The molecule has 2 aromatic rings. The van der Waals surface area contributed by atoms with Crippen molar-refractivity contribution < 1.29 is 4.74 Å². The summed E-state index contributed by atoms with van der Waals surface area (Å²) in [6.07, 6.45) is 2.65. The van der Waals surface area contributed by atoms with Crippen LogP contribution in [0.2, 0.25) is 0 Å². The molecule has 0 aliphatic carbocycles. The normalized spacial score (nSPS) is 10.6. The number of methoxy groups -OCH3 is 1. The summed E-state index contributed by atoms with van der Waals surface area (Å²) in [5.74, 6) is 0. The number of fused-ring (bicyclic) bond motifs is 1. The van der Waals surface area contributed by atoms with Crippen molar-refractivity contribution in [3.8, 4) is 0 Å². The predicted molar refractivity (Wildman–Crippen MR) is 71.1 cm³/mol. The van der Waals surface area contributed by atoms with Crippen LogP contribution in [0.4, 0.5) is 11.4 Å². The fourth-order valence-electron chi connectivity index (χ4n) is 1.78. The number of aromatic nitrogens is 1. The van der Waals surface area contributed by atoms with Crippen LogP contribution in [-0.4, -0.2) is 25.2 Å². The summed E-state index contributed by atoms with van der Waals surface area (Å²) in [7, 11) is 1.70. The molecule has 90 valence electrons. The van der Waals surface area contributed by atoms with E-state index < -0.39 is 0 Å². The molecule has 1 aromatic carbocycles. The van der Waals surface area contributed by atoms with Gasteiger partial charge in [-0.25, -0.2) is 0 Å². The largest absolute Gasteiger partial charge is 0.396 e. The highest BCUT2D eigenvalue weighted by Gasteiger charge is 2.04. The number of anilines is 2. The first kappa shape index (κ1) is 11.7. The quantitative estimate of drug-likeness (QED) is 0.775. The first-order valence-corrected chi connectivity index (χ1v) is 5.69. The number of nitrogens with one attached hydrogen (secondary N) is 1. The van der Waals surface area contributed by atoms with Gasteiger partial charge >= 0.3 is 0 Å². The van der Waals surface area contributed by atoms with Crippen LogP contribution in [0.25, 0.3) is 10.9 Å². The third-order valence-corrected chi connectivity index (χ3v) is 2.63. The Morgan fingerprint density at radius 2 is 2.18 bits per heavy atom. The smallest absolute Gasteiger partial charge is 0.0743 e. The summed E-state index contributed by atoms with van der Waals surface area (Å²) < 4.78 is 5.01. The molecule has 0 bridgehead atoms. The molecule has 17 heavy (non-hydrogen) atoms. The molecule has 0 aliphatic heterocycles. The predicted octanol–water partition coefficient (Wildman–Crippen LogP) is 2.27. The van der Waals surface area contributed by atoms with Gasteiger partial charge in [0, 0.05) is 25.6 Å². The lowest BCUT2D eigenvalue weighted by atomic mass is 10.1. The molecule has 4 nitrogen and oxygen atoms in total. The first-order valence-electron chi connectivity index (χ1n) is 5.69. The number of hydrogen-bond acceptors (Lipinski definition) is 4. The zero-order chi connectivity index (χ0) is 12.1. The van der Waals surface area contributed by atoms with Crippen LogP contribution in [0.5, 0.6) is 0 Å². The van der Waals surface area contributed by atoms with E-state index in [4.69, 9.17) is 10.5 Å². The molecule has 0 spiro atoms. The van der Waals surface area contributed by atoms with Crippen molar-refractivity contribution in [3.63, 3.8) is 0 Å². The second-order valence-corrected chi connectivity index (χ2v) is 3.88. The van der Waals surface area contributed by atoms with Gasteiger partial charge in [0.1, 0.15) is 0 Å². The minimum absolute atomic E-state index is 0.682. The highest BCUT2D eigenvalue weighted by molar-refractivity contribution is 5.96. The molecule has 0 unspecified atom stereocenters. The second-order valence-electron chi connectivity index (χ2n) is 3.88. The summed E-state index contributed by atoms with van der Waals surface area (Å²) in [6.45, 7) is 1.59. The molecule has 0 radical (unpaired) electrons. The van der Waals surface area contributed by atoms with Crippen molar-refractivity contribution in [3.05, 3.63) is 30.5 Å². The van der Waals surface area contributed by atoms with Gasteiger partial charge in [0.05, 0.1) is 23.1 Å². The van der Waals surface area contributed by atoms with Gasteiger partial charge in [-0.3, -0.25) is 4.98 Å². The highest BCUT2D eigenvalue weighted by atomic mass is 16.5. The number of rotatable bonds is 5. The van der Waals surface area contributed by atoms with Gasteiger partial charge in [0.15, 0.2) is 0 Å². The Morgan fingerprint density at radius 3 is 3.00 bits per heavy atom. The number of hydrogen-bond donors (Lipinski definition) is 2. The van der Waals surface area contributed by atoms with Crippen molar-refractivity contribution in [1.29, 1.82) is 0 Å². The van der Waals surface area contributed by atoms with Crippen LogP contribution in [0, 0.1) is 0 Å². The molecule has 0 saturated heterocycles. The van der Waals surface area contributed by atoms with Gasteiger partial charge in [-0.1, -0.05) is 18.2 Å². The van der Waals surface area contributed by atoms with Gasteiger partial charge in [0.25, 0.3) is 0 Å². The van der Waals surface area contributed by atoms with Crippen molar-refractivity contribution in [1.82, 2.24) is 4.98 Å². The van der Waals surface area contributed by atoms with Crippen LogP contribution < -0.4 is 11.1 Å². The standard InChI is InChI=1S/C13H17N3O/c1-17-8-4-7-15-13-10-5-2-3-6-12(10)16-9-11(13)14/h2-3,5-6,9H,4,7-8,14H2,1H3,(H,15,16). The van der Waals surface area contributed by atoms with E-state index in [-0.39, 0.29) is 0 Å². The van der Waals surface area contributed by atoms with E-state index in [1.54, 1.807) is 13.3 Å². The number of nitrogens with zero attached hydrogens (tertiary/aromatic N) is 1. The van der Waals surface area contributed by atoms with Gasteiger partial charge < -0.3 is 15.8 Å². The number of ether oxygens (including phenoxy) is 1. The van der Waals surface area contributed by atoms with Crippen LogP contribution >= 0.6 is 0 Å². The molecule has 1 aromatic heterocycles. The van der Waals surface area contributed by atoms with Crippen molar-refractivity contribution >= 4 is 22.3 Å². The molecule has 3 N–H and O–H groups in total. The summed E-state index contributed by atoms with van der Waals surface area (Å²) >= 11 is 0. The Kier molecular flexibility index (Phi) is 3.77. The molecule has 2 rings (SSSR count). The van der Waals surface area contributed by atoms with Crippen LogP contribution in [0.3, 0.4) is 0 Å². The fraction of sp³-hybridized carbons (Fsp3) is 0.308. The first-order chi connectivity index (χ1) is 8.33. The van der Waals surface area contributed by atoms with Gasteiger partial charge in [-0.2, -0.15) is 0 Å². The minimum atomic E-state index is 0.682. The van der Waals surface area contributed by atoms with Crippen LogP contribution in [-0.2, 0) is 4.74 Å². The van der Waals surface area contributed by atoms with E-state index in [2.05, 4.69) is 10.3 Å². The molecule has 0 atom stereocenters. The van der Waals surface area contributed by atoms with Crippen LogP contribution in [0.15, 0.2) is 30.5 Å². The SMILES string of the molecule is COCCCNc1c(N)cnc2ccccc12. The van der Waals surface area contributed by atoms with E-state index in [0.717, 1.165) is 36.2 Å². The van der Waals surface area contributed by atoms with E-state index in [1.807, 2.05) is 24.3 Å². The lowest BCUT2D eigenvalue weighted by molar-refractivity contribution is 0.198. The monoisotopic (exact) mass is 231 g/mol. The molecule has 0 aliphatic rings. The lowest BCUT2D eigenvalue weighted by Crippen LogP contribution is -2.07. The maximum atomic E-state index is 5.95. The Hall–Kier alpha value is -1.81. The molecule has 1 heterocycles. The molecule has 0 amide bonds. The average molecular weight is 231 g/mol. The van der Waals surface area contributed by atoms with Crippen LogP contribution in [0.1, 0.15) is 6.42 Å². The third kappa shape index (κ3) is 2.65. The molecule has 0 fully saturated rings. The fourth-order valence-corrected chi connectivity index (χ4v) is 1.78. The summed E-state index contributed by atoms with van der Waals surface area (Å²) in [5, 5.41) is 4.41. The van der Waals surface area contributed by atoms with E-state index in [0.29, 0.717) is 5.69 Å². The van der Waals surface area contributed by atoms with Crippen molar-refractivity contribution in [2.75, 3.05) is 31.3 Å². The summed E-state index contributed by atoms with van der Waals surface area (Å²) in [6, 6.07) is 7.97. The maximum absolute atomic E-state index is 5.95. The minimum Gasteiger partial charge on any atom is -0.396 e. The Morgan fingerprint density at radius 1 is 1.35 bits per heavy atom. The molecular formula is C13H17N3O. The zero-order valence-electron chi connectivity index (χ0n) is 9.94. The highest BCUT2D eigenvalue weighted by Crippen LogP contribution is 2.27. The van der Waals surface area contributed by atoms with Gasteiger partial charge in [-0.15, -0.1) is 0 Å². The van der Waals surface area contributed by atoms with E-state index in [9.17, 15) is 0 Å². The zero-order valence-corrected chi connectivity index (χ0v) is 9.94. The number of pyridine rings is 1. The molecule has 4 heteroatoms. The molecule has 0 saturated carbocycles. The Balaban J connectivity index is 2.22. The van der Waals surface area contributed by atoms with Gasteiger partial charge in [-0.05, 0) is 12.5 Å². The maximum Gasteiger partial charge on any atom is 0.0743 e. The molecular weight excluding hydrogens is 214 g/mol. The average Bonchev–Trinajstić information content (AvgIpc) is 2.37.